The second-order valence-electron chi connectivity index (χ2n) is 4.60. The molecule has 0 aromatic rings. The minimum absolute atomic E-state index is 0.0630. The van der Waals surface area contributed by atoms with Crippen molar-refractivity contribution in [2.45, 2.75) is 37.4 Å². The van der Waals surface area contributed by atoms with Gasteiger partial charge in [-0.3, -0.25) is 9.79 Å². The summed E-state index contributed by atoms with van der Waals surface area (Å²) in [5, 5.41) is 2.56. The number of aliphatic imine (C=N–C) groups is 2. The van der Waals surface area contributed by atoms with Crippen molar-refractivity contribution in [3.63, 3.8) is 0 Å². The van der Waals surface area contributed by atoms with E-state index in [1.165, 1.54) is 6.34 Å². The van der Waals surface area contributed by atoms with Crippen LogP contribution in [-0.4, -0.2) is 61.7 Å². The van der Waals surface area contributed by atoms with E-state index in [2.05, 4.69) is 15.3 Å². The van der Waals surface area contributed by atoms with Crippen molar-refractivity contribution < 1.29 is 14.3 Å². The maximum Gasteiger partial charge on any atom is 0.254 e. The first-order valence-electron chi connectivity index (χ1n) is 6.07. The Bertz CT molecular complexity index is 398. The van der Waals surface area contributed by atoms with E-state index in [1.54, 1.807) is 13.4 Å². The summed E-state index contributed by atoms with van der Waals surface area (Å²) in [5.41, 5.74) is 0. The van der Waals surface area contributed by atoms with Gasteiger partial charge in [-0.05, 0) is 12.8 Å². The van der Waals surface area contributed by atoms with E-state index in [0.717, 1.165) is 12.8 Å². The monoisotopic (exact) mass is 252 g/mol. The third-order valence-electron chi connectivity index (χ3n) is 3.42. The molecule has 4 unspecified atom stereocenters. The van der Waals surface area contributed by atoms with Crippen LogP contribution >= 0.6 is 0 Å². The largest absolute Gasteiger partial charge is 0.382 e. The fraction of sp³-hybridized carbons (Fsp3) is 0.727. The second-order valence-corrected chi connectivity index (χ2v) is 4.60. The predicted octanol–water partition coefficient (Wildman–Crippen LogP) is -0.665. The number of amides is 1. The summed E-state index contributed by atoms with van der Waals surface area (Å²) >= 11 is 0. The molecule has 1 N–H and O–H groups in total. The van der Waals surface area contributed by atoms with Crippen molar-refractivity contribution in [3.05, 3.63) is 0 Å². The van der Waals surface area contributed by atoms with Crippen molar-refractivity contribution in [2.24, 2.45) is 9.98 Å². The van der Waals surface area contributed by atoms with Gasteiger partial charge in [0.15, 0.2) is 12.2 Å². The summed E-state index contributed by atoms with van der Waals surface area (Å²) in [4.78, 5) is 22.0. The van der Waals surface area contributed by atoms with E-state index in [4.69, 9.17) is 9.47 Å². The Balaban J connectivity index is 1.68. The first kappa shape index (κ1) is 11.6. The third-order valence-corrected chi connectivity index (χ3v) is 3.42. The van der Waals surface area contributed by atoms with Crippen LogP contribution in [0.1, 0.15) is 12.8 Å². The van der Waals surface area contributed by atoms with Crippen LogP contribution < -0.4 is 5.32 Å². The molecule has 3 heterocycles. The quantitative estimate of drug-likeness (QED) is 0.723. The van der Waals surface area contributed by atoms with Crippen LogP contribution in [0.5, 0.6) is 0 Å². The molecule has 3 rings (SSSR count). The maximum absolute atomic E-state index is 11.6. The zero-order chi connectivity index (χ0) is 12.5. The number of carbonyl (C=O) groups is 1. The molecule has 0 radical (unpaired) electrons. The normalized spacial score (nSPS) is 38.1. The molecule has 3 aliphatic heterocycles. The van der Waals surface area contributed by atoms with Gasteiger partial charge in [-0.15, -0.1) is 0 Å². The number of hydrogen-bond donors (Lipinski definition) is 1. The molecular formula is C11H16N4O3. The van der Waals surface area contributed by atoms with Crippen LogP contribution in [0.2, 0.25) is 0 Å². The molecular weight excluding hydrogens is 236 g/mol. The average Bonchev–Trinajstić information content (AvgIpc) is 2.96. The molecule has 1 amide bonds. The first-order valence-corrected chi connectivity index (χ1v) is 6.07. The van der Waals surface area contributed by atoms with Gasteiger partial charge in [-0.25, -0.2) is 4.99 Å². The zero-order valence-corrected chi connectivity index (χ0v) is 10.2. The van der Waals surface area contributed by atoms with Gasteiger partial charge < -0.3 is 19.7 Å². The van der Waals surface area contributed by atoms with Gasteiger partial charge in [-0.2, -0.15) is 0 Å². The molecule has 0 aromatic carbocycles. The van der Waals surface area contributed by atoms with Gasteiger partial charge >= 0.3 is 0 Å². The summed E-state index contributed by atoms with van der Waals surface area (Å²) in [5.74, 6) is -0.111. The van der Waals surface area contributed by atoms with Gasteiger partial charge in [0.05, 0.1) is 25.4 Å². The lowest BCUT2D eigenvalue weighted by Gasteiger charge is -2.30. The van der Waals surface area contributed by atoms with Gasteiger partial charge in [-0.1, -0.05) is 0 Å². The van der Waals surface area contributed by atoms with Gasteiger partial charge in [0.25, 0.3) is 5.91 Å². The molecule has 7 nitrogen and oxygen atoms in total. The van der Waals surface area contributed by atoms with E-state index in [0.29, 0.717) is 6.61 Å². The van der Waals surface area contributed by atoms with E-state index >= 15 is 0 Å². The lowest BCUT2D eigenvalue weighted by Crippen LogP contribution is -2.50. The number of nitrogens with one attached hydrogen (secondary N) is 1. The van der Waals surface area contributed by atoms with Crippen LogP contribution in [0, 0.1) is 0 Å². The third kappa shape index (κ3) is 1.89. The molecule has 18 heavy (non-hydrogen) atoms. The predicted molar refractivity (Wildman–Crippen MR) is 64.3 cm³/mol. The Labute approximate surface area is 105 Å². The fourth-order valence-electron chi connectivity index (χ4n) is 2.54. The maximum atomic E-state index is 11.6. The molecule has 0 saturated carbocycles. The van der Waals surface area contributed by atoms with Crippen LogP contribution in [0.25, 0.3) is 0 Å². The summed E-state index contributed by atoms with van der Waals surface area (Å²) < 4.78 is 11.0. The molecule has 0 aromatic heterocycles. The average molecular weight is 252 g/mol. The van der Waals surface area contributed by atoms with Gasteiger partial charge in [0, 0.05) is 7.11 Å². The van der Waals surface area contributed by atoms with E-state index in [1.807, 2.05) is 4.90 Å². The highest BCUT2D eigenvalue weighted by atomic mass is 16.5. The highest BCUT2D eigenvalue weighted by molar-refractivity contribution is 5.96. The zero-order valence-electron chi connectivity index (χ0n) is 10.2. The Kier molecular flexibility index (Phi) is 3.00. The Morgan fingerprint density at radius 3 is 3.28 bits per heavy atom. The second kappa shape index (κ2) is 4.66. The minimum atomic E-state index is -0.444. The topological polar surface area (TPSA) is 75.5 Å². The number of methoxy groups -OCH3 is 1. The highest BCUT2D eigenvalue weighted by Crippen LogP contribution is 2.28. The number of nitrogens with zero attached hydrogens (tertiary/aromatic N) is 3. The molecule has 0 aliphatic carbocycles. The summed E-state index contributed by atoms with van der Waals surface area (Å²) in [6.07, 6.45) is 4.77. The lowest BCUT2D eigenvalue weighted by atomic mass is 10.2. The molecule has 4 atom stereocenters. The molecule has 0 spiro atoms. The van der Waals surface area contributed by atoms with Crippen LogP contribution in [0.4, 0.5) is 0 Å². The number of hydrogen-bond acceptors (Lipinski definition) is 6. The Morgan fingerprint density at radius 1 is 1.56 bits per heavy atom. The van der Waals surface area contributed by atoms with Crippen molar-refractivity contribution in [1.29, 1.82) is 0 Å². The van der Waals surface area contributed by atoms with Crippen LogP contribution in [0.15, 0.2) is 9.98 Å². The van der Waals surface area contributed by atoms with Crippen LogP contribution in [0.3, 0.4) is 0 Å². The van der Waals surface area contributed by atoms with E-state index in [9.17, 15) is 4.79 Å². The van der Waals surface area contributed by atoms with Crippen LogP contribution in [-0.2, 0) is 14.3 Å². The Morgan fingerprint density at radius 2 is 2.44 bits per heavy atom. The number of fused-ring (bicyclic) bond motifs is 1. The van der Waals surface area contributed by atoms with Crippen molar-refractivity contribution in [3.8, 4) is 0 Å². The SMILES string of the molecule is COCC1CCC(N2C=NC3C(=O)NC=NC32)O1. The molecule has 0 bridgehead atoms. The summed E-state index contributed by atoms with van der Waals surface area (Å²) in [6.45, 7) is 0.597. The number of rotatable bonds is 3. The molecule has 3 aliphatic rings. The minimum Gasteiger partial charge on any atom is -0.382 e. The molecule has 7 heteroatoms. The smallest absolute Gasteiger partial charge is 0.254 e. The number of carbonyl (C=O) groups excluding carboxylic acids is 1. The summed E-state index contributed by atoms with van der Waals surface area (Å²) in [6, 6.07) is -0.444. The van der Waals surface area contributed by atoms with E-state index < -0.39 is 6.04 Å². The lowest BCUT2D eigenvalue weighted by molar-refractivity contribution is -0.123. The molecule has 1 fully saturated rings. The van der Waals surface area contributed by atoms with Crippen molar-refractivity contribution >= 4 is 18.6 Å². The highest BCUT2D eigenvalue weighted by Gasteiger charge is 2.42. The van der Waals surface area contributed by atoms with E-state index in [-0.39, 0.29) is 24.4 Å². The standard InChI is InChI=1S/C11H16N4O3/c1-17-4-7-2-3-8(18-7)15-6-14-9-10(15)12-5-13-11(9)16/h5-10H,2-4H2,1H3,(H,12,13,16). The summed E-state index contributed by atoms with van der Waals surface area (Å²) in [7, 11) is 1.67. The Hall–Kier alpha value is -1.47. The van der Waals surface area contributed by atoms with Crippen molar-refractivity contribution in [1.82, 2.24) is 10.2 Å². The fourth-order valence-corrected chi connectivity index (χ4v) is 2.54. The molecule has 1 saturated heterocycles. The number of ether oxygens (including phenoxy) is 2. The first-order chi connectivity index (χ1) is 8.79. The molecule has 98 valence electrons. The van der Waals surface area contributed by atoms with Gasteiger partial charge in [0.1, 0.15) is 6.23 Å². The van der Waals surface area contributed by atoms with Gasteiger partial charge in [0.2, 0.25) is 0 Å². The van der Waals surface area contributed by atoms with Crippen molar-refractivity contribution in [2.75, 3.05) is 13.7 Å².